The van der Waals surface area contributed by atoms with Gasteiger partial charge in [0.1, 0.15) is 0 Å². The van der Waals surface area contributed by atoms with Gasteiger partial charge >= 0.3 is 0 Å². The monoisotopic (exact) mass is 660 g/mol. The number of rotatable bonds is 3. The third kappa shape index (κ3) is 3.60. The van der Waals surface area contributed by atoms with Crippen LogP contribution in [0.1, 0.15) is 0 Å². The molecule has 0 aliphatic heterocycles. The van der Waals surface area contributed by atoms with Crippen LogP contribution >= 0.6 is 0 Å². The van der Waals surface area contributed by atoms with Crippen LogP contribution in [-0.2, 0) is 0 Å². The van der Waals surface area contributed by atoms with E-state index in [-0.39, 0.29) is 0 Å². The van der Waals surface area contributed by atoms with Gasteiger partial charge in [0.15, 0.2) is 0 Å². The van der Waals surface area contributed by atoms with Crippen molar-refractivity contribution < 1.29 is 0 Å². The predicted molar refractivity (Wildman–Crippen MR) is 216 cm³/mol. The second-order valence-corrected chi connectivity index (χ2v) is 13.7. The van der Waals surface area contributed by atoms with E-state index in [2.05, 4.69) is 179 Å². The third-order valence-corrected chi connectivity index (χ3v) is 11.0. The molecule has 52 heavy (non-hydrogen) atoms. The van der Waals surface area contributed by atoms with Crippen LogP contribution in [0.3, 0.4) is 0 Å². The Morgan fingerprint density at radius 2 is 1.02 bits per heavy atom. The zero-order chi connectivity index (χ0) is 33.9. The molecule has 8 aromatic carbocycles. The lowest BCUT2D eigenvalue weighted by molar-refractivity contribution is 1.01. The Morgan fingerprint density at radius 1 is 0.385 bits per heavy atom. The normalized spacial score (nSPS) is 12.2. The molecule has 0 radical (unpaired) electrons. The van der Waals surface area contributed by atoms with Crippen LogP contribution in [0.5, 0.6) is 0 Å². The average molecular weight is 661 g/mol. The first kappa shape index (κ1) is 27.7. The van der Waals surface area contributed by atoms with E-state index in [1.165, 1.54) is 60.1 Å². The molecule has 12 rings (SSSR count). The van der Waals surface area contributed by atoms with Crippen molar-refractivity contribution in [1.82, 2.24) is 19.1 Å². The second kappa shape index (κ2) is 10.3. The molecule has 0 unspecified atom stereocenters. The largest absolute Gasteiger partial charge is 0.309 e. The summed E-state index contributed by atoms with van der Waals surface area (Å²) in [6, 6.07) is 61.1. The van der Waals surface area contributed by atoms with Crippen molar-refractivity contribution in [1.29, 1.82) is 0 Å². The summed E-state index contributed by atoms with van der Waals surface area (Å²) in [5.74, 6) is 0.662. The highest BCUT2D eigenvalue weighted by Gasteiger charge is 2.29. The maximum Gasteiger partial charge on any atom is 0.235 e. The summed E-state index contributed by atoms with van der Waals surface area (Å²) in [6.07, 6.45) is 0. The van der Waals surface area contributed by atoms with Crippen LogP contribution in [0.25, 0.3) is 110 Å². The van der Waals surface area contributed by atoms with E-state index < -0.39 is 0 Å². The molecule has 1 aliphatic rings. The second-order valence-electron chi connectivity index (χ2n) is 13.7. The summed E-state index contributed by atoms with van der Waals surface area (Å²) < 4.78 is 4.74. The van der Waals surface area contributed by atoms with Gasteiger partial charge in [-0.1, -0.05) is 133 Å². The first-order chi connectivity index (χ1) is 25.8. The molecule has 3 aromatic heterocycles. The number of hydrogen-bond donors (Lipinski definition) is 0. The number of para-hydroxylation sites is 3. The Morgan fingerprint density at radius 3 is 1.85 bits per heavy atom. The molecule has 1 aliphatic carbocycles. The van der Waals surface area contributed by atoms with Gasteiger partial charge in [0.2, 0.25) is 5.95 Å². The minimum absolute atomic E-state index is 0.662. The molecule has 0 bridgehead atoms. The highest BCUT2D eigenvalue weighted by Crippen LogP contribution is 2.53. The molecule has 0 amide bonds. The molecule has 240 valence electrons. The van der Waals surface area contributed by atoms with Crippen LogP contribution in [0, 0.1) is 0 Å². The third-order valence-electron chi connectivity index (χ3n) is 11.0. The van der Waals surface area contributed by atoms with Crippen molar-refractivity contribution in [2.75, 3.05) is 0 Å². The summed E-state index contributed by atoms with van der Waals surface area (Å²) in [4.78, 5) is 10.8. The molecule has 11 aromatic rings. The fraction of sp³-hybridized carbons (Fsp3) is 0. The summed E-state index contributed by atoms with van der Waals surface area (Å²) in [5.41, 5.74) is 13.5. The van der Waals surface area contributed by atoms with Gasteiger partial charge in [0, 0.05) is 43.7 Å². The summed E-state index contributed by atoms with van der Waals surface area (Å²) in [6.45, 7) is 0. The standard InChI is InChI=1S/C48H28N4/c1-3-14-30(15-4-1)47-34-20-7-9-25-37(34)49-48(50-47)52-39-27-13-23-33-32-22-11-16-29-17-12-24-36(42(29)32)45-44-35-21-8-10-26-38(35)51(31-18-5-2-6-19-31)40(44)28-41(52)46(45)43(33)39/h1-28H. The SMILES string of the molecule is c1ccc(-c2nc(-n3c4cccc5c4c4c(c6c7ccccc7n(-c7ccccc7)c6cc43)-c3cccc4cccc-5c34)nc3ccccc23)cc1. The Kier molecular flexibility index (Phi) is 5.47. The maximum atomic E-state index is 5.45. The smallest absolute Gasteiger partial charge is 0.235 e. The summed E-state index contributed by atoms with van der Waals surface area (Å²) in [7, 11) is 0. The molecule has 0 atom stereocenters. The van der Waals surface area contributed by atoms with E-state index in [0.717, 1.165) is 44.4 Å². The lowest BCUT2D eigenvalue weighted by Crippen LogP contribution is -2.04. The van der Waals surface area contributed by atoms with E-state index in [9.17, 15) is 0 Å². The molecular formula is C48H28N4. The molecule has 0 fully saturated rings. The van der Waals surface area contributed by atoms with E-state index in [0.29, 0.717) is 5.95 Å². The van der Waals surface area contributed by atoms with Crippen LogP contribution in [0.4, 0.5) is 0 Å². The Hall–Kier alpha value is -7.04. The first-order valence-corrected chi connectivity index (χ1v) is 17.8. The molecule has 0 spiro atoms. The van der Waals surface area contributed by atoms with Gasteiger partial charge in [-0.25, -0.2) is 9.97 Å². The van der Waals surface area contributed by atoms with Gasteiger partial charge in [-0.05, 0) is 63.9 Å². The molecule has 3 heterocycles. The number of benzene rings is 8. The zero-order valence-electron chi connectivity index (χ0n) is 28.0. The fourth-order valence-electron chi connectivity index (χ4n) is 8.98. The highest BCUT2D eigenvalue weighted by atomic mass is 15.2. The Labute approximate surface area is 298 Å². The van der Waals surface area contributed by atoms with Crippen molar-refractivity contribution in [3.8, 4) is 45.1 Å². The van der Waals surface area contributed by atoms with Gasteiger partial charge in [-0.15, -0.1) is 0 Å². The minimum Gasteiger partial charge on any atom is -0.309 e. The fourth-order valence-corrected chi connectivity index (χ4v) is 8.98. The minimum atomic E-state index is 0.662. The topological polar surface area (TPSA) is 35.6 Å². The van der Waals surface area contributed by atoms with Crippen LogP contribution < -0.4 is 0 Å². The van der Waals surface area contributed by atoms with Gasteiger partial charge in [0.25, 0.3) is 0 Å². The van der Waals surface area contributed by atoms with E-state index in [1.807, 2.05) is 0 Å². The van der Waals surface area contributed by atoms with Crippen LogP contribution in [0.15, 0.2) is 170 Å². The molecule has 4 heteroatoms. The van der Waals surface area contributed by atoms with Gasteiger partial charge in [-0.3, -0.25) is 4.57 Å². The average Bonchev–Trinajstić information content (AvgIpc) is 3.68. The quantitative estimate of drug-likeness (QED) is 0.189. The summed E-state index contributed by atoms with van der Waals surface area (Å²) >= 11 is 0. The van der Waals surface area contributed by atoms with Crippen LogP contribution in [-0.4, -0.2) is 19.1 Å². The highest BCUT2D eigenvalue weighted by molar-refractivity contribution is 6.34. The zero-order valence-corrected chi connectivity index (χ0v) is 28.0. The lowest BCUT2D eigenvalue weighted by Gasteiger charge is -2.15. The van der Waals surface area contributed by atoms with Crippen molar-refractivity contribution in [3.63, 3.8) is 0 Å². The molecule has 0 saturated carbocycles. The van der Waals surface area contributed by atoms with Crippen molar-refractivity contribution in [2.45, 2.75) is 0 Å². The number of aromatic nitrogens is 4. The van der Waals surface area contributed by atoms with Gasteiger partial charge in [-0.2, -0.15) is 0 Å². The number of fused-ring (bicyclic) bond motifs is 7. The van der Waals surface area contributed by atoms with E-state index in [4.69, 9.17) is 9.97 Å². The summed E-state index contributed by atoms with van der Waals surface area (Å²) in [5, 5.41) is 8.53. The van der Waals surface area contributed by atoms with Crippen molar-refractivity contribution in [3.05, 3.63) is 170 Å². The number of nitrogens with zero attached hydrogens (tertiary/aromatic N) is 4. The molecule has 0 saturated heterocycles. The molecular weight excluding hydrogens is 633 g/mol. The number of hydrogen-bond acceptors (Lipinski definition) is 2. The molecule has 0 N–H and O–H groups in total. The van der Waals surface area contributed by atoms with E-state index in [1.54, 1.807) is 0 Å². The van der Waals surface area contributed by atoms with Crippen molar-refractivity contribution >= 4 is 65.3 Å². The van der Waals surface area contributed by atoms with Gasteiger partial charge in [0.05, 0.1) is 33.3 Å². The lowest BCUT2D eigenvalue weighted by atomic mass is 9.91. The van der Waals surface area contributed by atoms with Gasteiger partial charge < -0.3 is 4.57 Å². The Bertz CT molecular complexity index is 3270. The van der Waals surface area contributed by atoms with E-state index >= 15 is 0 Å². The van der Waals surface area contributed by atoms with Crippen LogP contribution in [0.2, 0.25) is 0 Å². The molecule has 4 nitrogen and oxygen atoms in total. The maximum absolute atomic E-state index is 5.45. The Balaban J connectivity index is 1.35. The predicted octanol–water partition coefficient (Wildman–Crippen LogP) is 12.3. The van der Waals surface area contributed by atoms with Crippen molar-refractivity contribution in [2.24, 2.45) is 0 Å². The first-order valence-electron chi connectivity index (χ1n) is 17.8.